The third kappa shape index (κ3) is 1.79. The summed E-state index contributed by atoms with van der Waals surface area (Å²) in [4.78, 5) is 11.0. The van der Waals surface area contributed by atoms with Crippen molar-refractivity contribution in [2.75, 3.05) is 6.54 Å². The minimum atomic E-state index is -0.799. The number of amides is 2. The van der Waals surface area contributed by atoms with E-state index in [2.05, 4.69) is 10.6 Å². The number of aliphatic hydroxyl groups excluding tert-OH is 1. The van der Waals surface area contributed by atoms with Crippen LogP contribution in [0.1, 0.15) is 13.8 Å². The molecule has 3 aliphatic rings. The Hall–Kier alpha value is -0.890. The number of ether oxygens (including phenoxy) is 3. The zero-order valence-electron chi connectivity index (χ0n) is 9.67. The molecule has 0 spiro atoms. The monoisotopic (exact) mass is 244 g/mol. The molecule has 0 bridgehead atoms. The van der Waals surface area contributed by atoms with Crippen LogP contribution in [0.15, 0.2) is 0 Å². The summed E-state index contributed by atoms with van der Waals surface area (Å²) in [5.74, 6) is -0.738. The highest BCUT2D eigenvalue weighted by Gasteiger charge is 2.56. The van der Waals surface area contributed by atoms with Crippen LogP contribution in [0.5, 0.6) is 0 Å². The van der Waals surface area contributed by atoms with Gasteiger partial charge < -0.3 is 30.0 Å². The van der Waals surface area contributed by atoms with Gasteiger partial charge in [-0.2, -0.15) is 0 Å². The van der Waals surface area contributed by atoms with Crippen LogP contribution >= 0.6 is 0 Å². The van der Waals surface area contributed by atoms with Crippen LogP contribution in [0.2, 0.25) is 0 Å². The predicted octanol–water partition coefficient (Wildman–Crippen LogP) is -1.09. The van der Waals surface area contributed by atoms with Crippen molar-refractivity contribution >= 4 is 6.03 Å². The highest BCUT2D eigenvalue weighted by Crippen LogP contribution is 2.38. The number of carbonyl (C=O) groups is 1. The van der Waals surface area contributed by atoms with Crippen molar-refractivity contribution in [2.45, 2.75) is 50.3 Å². The molecule has 0 aliphatic carbocycles. The van der Waals surface area contributed by atoms with Crippen molar-refractivity contribution in [3.63, 3.8) is 0 Å². The molecule has 3 N–H and O–H groups in total. The van der Waals surface area contributed by atoms with E-state index in [0.29, 0.717) is 6.54 Å². The number of hydrogen-bond donors (Lipinski definition) is 3. The van der Waals surface area contributed by atoms with Gasteiger partial charge in [-0.25, -0.2) is 4.79 Å². The molecule has 3 fully saturated rings. The molecule has 0 radical (unpaired) electrons. The molecule has 0 aromatic heterocycles. The Labute approximate surface area is 98.4 Å². The summed E-state index contributed by atoms with van der Waals surface area (Å²) in [5, 5.41) is 15.4. The normalized spacial score (nSPS) is 47.7. The quantitative estimate of drug-likeness (QED) is 0.545. The second-order valence-electron chi connectivity index (χ2n) is 5.02. The van der Waals surface area contributed by atoms with Crippen molar-refractivity contribution in [1.29, 1.82) is 0 Å². The number of hydrogen-bond acceptors (Lipinski definition) is 5. The summed E-state index contributed by atoms with van der Waals surface area (Å²) in [6.45, 7) is 3.98. The van der Waals surface area contributed by atoms with E-state index in [0.717, 1.165) is 0 Å². The van der Waals surface area contributed by atoms with Crippen LogP contribution in [0, 0.1) is 0 Å². The number of urea groups is 1. The smallest absolute Gasteiger partial charge is 0.315 e. The molecular weight excluding hydrogens is 228 g/mol. The molecule has 3 aliphatic heterocycles. The van der Waals surface area contributed by atoms with E-state index in [1.807, 2.05) is 0 Å². The van der Waals surface area contributed by atoms with Crippen molar-refractivity contribution < 1.29 is 24.1 Å². The van der Waals surface area contributed by atoms with E-state index in [1.165, 1.54) is 0 Å². The number of rotatable bonds is 1. The Morgan fingerprint density at radius 1 is 1.35 bits per heavy atom. The van der Waals surface area contributed by atoms with Gasteiger partial charge >= 0.3 is 6.03 Å². The van der Waals surface area contributed by atoms with Gasteiger partial charge in [0.2, 0.25) is 0 Å². The van der Waals surface area contributed by atoms with E-state index >= 15 is 0 Å². The first kappa shape index (κ1) is 11.2. The highest BCUT2D eigenvalue weighted by atomic mass is 16.8. The summed E-state index contributed by atoms with van der Waals surface area (Å²) in [6.07, 6.45) is -2.36. The Kier molecular flexibility index (Phi) is 2.34. The van der Waals surface area contributed by atoms with E-state index in [1.54, 1.807) is 13.8 Å². The summed E-state index contributed by atoms with van der Waals surface area (Å²) in [6, 6.07) is -0.497. The van der Waals surface area contributed by atoms with Crippen LogP contribution in [0.25, 0.3) is 0 Å². The summed E-state index contributed by atoms with van der Waals surface area (Å²) >= 11 is 0. The average Bonchev–Trinajstić information content (AvgIpc) is 2.83. The Bertz CT molecular complexity index is 348. The summed E-state index contributed by atoms with van der Waals surface area (Å²) in [5.41, 5.74) is 0. The van der Waals surface area contributed by atoms with E-state index < -0.39 is 30.4 Å². The van der Waals surface area contributed by atoms with Gasteiger partial charge in [0.15, 0.2) is 12.1 Å². The maximum absolute atomic E-state index is 11.0. The van der Waals surface area contributed by atoms with Gasteiger partial charge in [-0.1, -0.05) is 0 Å². The Morgan fingerprint density at radius 3 is 2.71 bits per heavy atom. The average molecular weight is 244 g/mol. The third-order valence-electron chi connectivity index (χ3n) is 3.25. The Morgan fingerprint density at radius 2 is 2.12 bits per heavy atom. The minimum Gasteiger partial charge on any atom is -0.387 e. The molecule has 0 aromatic rings. The van der Waals surface area contributed by atoms with Gasteiger partial charge in [-0.05, 0) is 13.8 Å². The topological polar surface area (TPSA) is 89.1 Å². The zero-order valence-corrected chi connectivity index (χ0v) is 9.67. The predicted molar refractivity (Wildman–Crippen MR) is 55.0 cm³/mol. The first-order valence-electron chi connectivity index (χ1n) is 5.70. The molecule has 0 saturated carbocycles. The second kappa shape index (κ2) is 3.55. The van der Waals surface area contributed by atoms with E-state index in [9.17, 15) is 9.90 Å². The largest absolute Gasteiger partial charge is 0.387 e. The molecule has 3 saturated heterocycles. The lowest BCUT2D eigenvalue weighted by Gasteiger charge is -2.25. The highest BCUT2D eigenvalue weighted by molar-refractivity contribution is 5.76. The second-order valence-corrected chi connectivity index (χ2v) is 5.02. The van der Waals surface area contributed by atoms with Gasteiger partial charge in [-0.15, -0.1) is 0 Å². The van der Waals surface area contributed by atoms with Crippen molar-refractivity contribution in [3.8, 4) is 0 Å². The molecular formula is C10H16N2O5. The first-order chi connectivity index (χ1) is 7.96. The molecule has 0 aromatic carbocycles. The maximum atomic E-state index is 11.0. The molecule has 17 heavy (non-hydrogen) atoms. The molecule has 2 amide bonds. The van der Waals surface area contributed by atoms with Crippen LogP contribution < -0.4 is 10.6 Å². The fraction of sp³-hybridized carbons (Fsp3) is 0.900. The number of nitrogens with one attached hydrogen (secondary N) is 2. The van der Waals surface area contributed by atoms with Gasteiger partial charge in [0.05, 0.1) is 6.04 Å². The summed E-state index contributed by atoms with van der Waals surface area (Å²) < 4.78 is 16.7. The van der Waals surface area contributed by atoms with E-state index in [4.69, 9.17) is 14.2 Å². The fourth-order valence-electron chi connectivity index (χ4n) is 2.52. The van der Waals surface area contributed by atoms with Gasteiger partial charge in [-0.3, -0.25) is 0 Å². The van der Waals surface area contributed by atoms with Gasteiger partial charge in [0, 0.05) is 6.54 Å². The fourth-order valence-corrected chi connectivity index (χ4v) is 2.52. The van der Waals surface area contributed by atoms with Crippen LogP contribution in [-0.2, 0) is 14.2 Å². The molecule has 0 unspecified atom stereocenters. The molecule has 7 nitrogen and oxygen atoms in total. The first-order valence-corrected chi connectivity index (χ1v) is 5.70. The van der Waals surface area contributed by atoms with Crippen LogP contribution in [0.3, 0.4) is 0 Å². The molecule has 3 rings (SSSR count). The molecule has 7 heteroatoms. The van der Waals surface area contributed by atoms with Crippen LogP contribution in [-0.4, -0.2) is 54.1 Å². The SMILES string of the molecule is CC1(C)O[C@H]2O[C@H]([C@H]3CNC(=O)N3)[C@H](O)[C@H]2O1. The lowest BCUT2D eigenvalue weighted by Crippen LogP contribution is -2.46. The molecule has 5 atom stereocenters. The molecule has 96 valence electrons. The zero-order chi connectivity index (χ0) is 12.2. The van der Waals surface area contributed by atoms with Gasteiger partial charge in [0.1, 0.15) is 18.3 Å². The van der Waals surface area contributed by atoms with Crippen molar-refractivity contribution in [2.24, 2.45) is 0 Å². The Balaban J connectivity index is 1.70. The van der Waals surface area contributed by atoms with E-state index in [-0.39, 0.29) is 12.1 Å². The van der Waals surface area contributed by atoms with Crippen molar-refractivity contribution in [3.05, 3.63) is 0 Å². The van der Waals surface area contributed by atoms with Crippen LogP contribution in [0.4, 0.5) is 4.79 Å². The number of fused-ring (bicyclic) bond motifs is 1. The maximum Gasteiger partial charge on any atom is 0.315 e. The number of carbonyl (C=O) groups excluding carboxylic acids is 1. The third-order valence-corrected chi connectivity index (χ3v) is 3.25. The van der Waals surface area contributed by atoms with Crippen molar-refractivity contribution in [1.82, 2.24) is 10.6 Å². The summed E-state index contributed by atoms with van der Waals surface area (Å²) in [7, 11) is 0. The lowest BCUT2D eigenvalue weighted by atomic mass is 10.0. The lowest BCUT2D eigenvalue weighted by molar-refractivity contribution is -0.217. The number of aliphatic hydroxyl groups is 1. The molecule has 3 heterocycles. The minimum absolute atomic E-state index is 0.245. The standard InChI is InChI=1S/C10H16N2O5/c1-10(2)16-7-5(13)6(15-8(7)17-10)4-3-11-9(14)12-4/h4-8,13H,3H2,1-2H3,(H2,11,12,14)/t4-,5+,6-,7-,8-/m1/s1. The van der Waals surface area contributed by atoms with Gasteiger partial charge in [0.25, 0.3) is 0 Å².